The molecule has 17 heavy (non-hydrogen) atoms. The lowest BCUT2D eigenvalue weighted by atomic mass is 10.4. The molecular formula is C9H13N7O. The number of nitrogen functional groups attached to an aromatic ring is 1. The number of carbonyl (C=O) groups excluding carboxylic acids is 1. The lowest BCUT2D eigenvalue weighted by Gasteiger charge is -2.00. The van der Waals surface area contributed by atoms with E-state index in [0.717, 1.165) is 5.69 Å². The molecule has 0 aliphatic rings. The molecule has 0 fully saturated rings. The molecule has 0 spiro atoms. The number of aryl methyl sites for hydroxylation is 3. The monoisotopic (exact) mass is 235 g/mol. The number of rotatable bonds is 4. The highest BCUT2D eigenvalue weighted by Crippen LogP contribution is 1.96. The lowest BCUT2D eigenvalue weighted by Crippen LogP contribution is -2.30. The smallest absolute Gasteiger partial charge is 0.287 e. The largest absolute Gasteiger partial charge is 0.289 e. The predicted molar refractivity (Wildman–Crippen MR) is 58.6 cm³/mol. The minimum Gasteiger partial charge on any atom is -0.289 e. The summed E-state index contributed by atoms with van der Waals surface area (Å²) in [4.78, 5) is 11.1. The van der Waals surface area contributed by atoms with Gasteiger partial charge in [-0.25, -0.2) is 10.5 Å². The third kappa shape index (κ3) is 2.67. The zero-order valence-electron chi connectivity index (χ0n) is 9.37. The van der Waals surface area contributed by atoms with Gasteiger partial charge in [-0.05, 0) is 13.0 Å². The second-order valence-corrected chi connectivity index (χ2v) is 3.56. The molecule has 0 saturated heterocycles. The van der Waals surface area contributed by atoms with Gasteiger partial charge in [0.15, 0.2) is 5.69 Å². The van der Waals surface area contributed by atoms with Crippen LogP contribution in [0.3, 0.4) is 0 Å². The van der Waals surface area contributed by atoms with Crippen LogP contribution >= 0.6 is 0 Å². The van der Waals surface area contributed by atoms with Gasteiger partial charge < -0.3 is 0 Å². The van der Waals surface area contributed by atoms with Gasteiger partial charge in [0, 0.05) is 6.20 Å². The minimum atomic E-state index is -0.453. The summed E-state index contributed by atoms with van der Waals surface area (Å²) in [5.41, 5.74) is 3.16. The molecule has 0 aliphatic carbocycles. The van der Waals surface area contributed by atoms with Gasteiger partial charge in [-0.1, -0.05) is 5.21 Å². The summed E-state index contributed by atoms with van der Waals surface area (Å²) in [5.74, 6) is 4.54. The Balaban J connectivity index is 1.95. The Morgan fingerprint density at radius 1 is 1.47 bits per heavy atom. The van der Waals surface area contributed by atoms with Crippen molar-refractivity contribution in [2.75, 3.05) is 0 Å². The van der Waals surface area contributed by atoms with E-state index in [1.165, 1.54) is 0 Å². The summed E-state index contributed by atoms with van der Waals surface area (Å²) in [5, 5.41) is 11.8. The maximum Gasteiger partial charge on any atom is 0.287 e. The van der Waals surface area contributed by atoms with E-state index in [9.17, 15) is 4.79 Å². The molecule has 3 N–H and O–H groups in total. The first-order valence-corrected chi connectivity index (χ1v) is 5.10. The maximum absolute atomic E-state index is 11.1. The standard InChI is InChI=1S/C9H13N7O/c1-7-2-3-15(13-7)4-5-16-6-8(12-14-16)9(17)11-10/h2-3,6H,4-5,10H2,1H3,(H,11,17). The van der Waals surface area contributed by atoms with Gasteiger partial charge in [0.25, 0.3) is 5.91 Å². The maximum atomic E-state index is 11.1. The molecule has 90 valence electrons. The number of aromatic nitrogens is 5. The normalized spacial score (nSPS) is 10.5. The summed E-state index contributed by atoms with van der Waals surface area (Å²) in [7, 11) is 0. The molecule has 0 unspecified atom stereocenters. The number of hydrazine groups is 1. The van der Waals surface area contributed by atoms with Gasteiger partial charge >= 0.3 is 0 Å². The first-order valence-electron chi connectivity index (χ1n) is 5.10. The molecule has 0 atom stereocenters. The number of hydrogen-bond donors (Lipinski definition) is 2. The average molecular weight is 235 g/mol. The molecule has 2 aromatic heterocycles. The van der Waals surface area contributed by atoms with Gasteiger partial charge in [-0.15, -0.1) is 5.10 Å². The zero-order chi connectivity index (χ0) is 12.3. The van der Waals surface area contributed by atoms with Crippen LogP contribution in [0.1, 0.15) is 16.2 Å². The SMILES string of the molecule is Cc1ccn(CCn2cc(C(=O)NN)nn2)n1. The van der Waals surface area contributed by atoms with Gasteiger partial charge in [0.2, 0.25) is 0 Å². The van der Waals surface area contributed by atoms with Crippen LogP contribution in [0.15, 0.2) is 18.5 Å². The van der Waals surface area contributed by atoms with Crippen molar-refractivity contribution in [2.45, 2.75) is 20.0 Å². The van der Waals surface area contributed by atoms with Crippen molar-refractivity contribution in [2.24, 2.45) is 5.84 Å². The summed E-state index contributed by atoms with van der Waals surface area (Å²) in [6.07, 6.45) is 3.43. The van der Waals surface area contributed by atoms with Gasteiger partial charge in [-0.3, -0.25) is 14.9 Å². The van der Waals surface area contributed by atoms with Crippen molar-refractivity contribution in [1.29, 1.82) is 0 Å². The molecule has 2 aromatic rings. The van der Waals surface area contributed by atoms with E-state index in [-0.39, 0.29) is 5.69 Å². The van der Waals surface area contributed by atoms with Crippen LogP contribution in [0.5, 0.6) is 0 Å². The molecule has 0 saturated carbocycles. The molecule has 1 amide bonds. The number of amides is 1. The molecule has 2 rings (SSSR count). The van der Waals surface area contributed by atoms with E-state index < -0.39 is 5.91 Å². The second-order valence-electron chi connectivity index (χ2n) is 3.56. The third-order valence-corrected chi connectivity index (χ3v) is 2.23. The minimum absolute atomic E-state index is 0.198. The van der Waals surface area contributed by atoms with Crippen LogP contribution in [0.25, 0.3) is 0 Å². The van der Waals surface area contributed by atoms with E-state index in [1.54, 1.807) is 15.6 Å². The van der Waals surface area contributed by atoms with Gasteiger partial charge in [0.1, 0.15) is 0 Å². The van der Waals surface area contributed by atoms with Crippen LogP contribution in [-0.4, -0.2) is 30.7 Å². The van der Waals surface area contributed by atoms with Crippen molar-refractivity contribution in [3.05, 3.63) is 29.8 Å². The van der Waals surface area contributed by atoms with Crippen molar-refractivity contribution < 1.29 is 4.79 Å². The molecular weight excluding hydrogens is 222 g/mol. The topological polar surface area (TPSA) is 104 Å². The van der Waals surface area contributed by atoms with Crippen LogP contribution < -0.4 is 11.3 Å². The van der Waals surface area contributed by atoms with Gasteiger partial charge in [0.05, 0.1) is 25.0 Å². The Morgan fingerprint density at radius 3 is 2.88 bits per heavy atom. The van der Waals surface area contributed by atoms with E-state index >= 15 is 0 Å². The number of nitrogens with zero attached hydrogens (tertiary/aromatic N) is 5. The molecule has 0 radical (unpaired) electrons. The van der Waals surface area contributed by atoms with E-state index in [1.807, 2.05) is 24.6 Å². The van der Waals surface area contributed by atoms with E-state index in [4.69, 9.17) is 5.84 Å². The summed E-state index contributed by atoms with van der Waals surface area (Å²) < 4.78 is 3.38. The van der Waals surface area contributed by atoms with Crippen molar-refractivity contribution >= 4 is 5.91 Å². The van der Waals surface area contributed by atoms with Crippen molar-refractivity contribution in [3.63, 3.8) is 0 Å². The van der Waals surface area contributed by atoms with Crippen molar-refractivity contribution in [3.8, 4) is 0 Å². The second kappa shape index (κ2) is 4.74. The fraction of sp³-hybridized carbons (Fsp3) is 0.333. The van der Waals surface area contributed by atoms with Crippen LogP contribution in [0.2, 0.25) is 0 Å². The Hall–Kier alpha value is -2.22. The lowest BCUT2D eigenvalue weighted by molar-refractivity contribution is 0.0948. The highest BCUT2D eigenvalue weighted by molar-refractivity contribution is 5.91. The van der Waals surface area contributed by atoms with Crippen LogP contribution in [0.4, 0.5) is 0 Å². The molecule has 0 aliphatic heterocycles. The average Bonchev–Trinajstić information content (AvgIpc) is 2.94. The molecule has 0 bridgehead atoms. The molecule has 8 nitrogen and oxygen atoms in total. The fourth-order valence-corrected chi connectivity index (χ4v) is 1.38. The summed E-state index contributed by atoms with van der Waals surface area (Å²) in [6, 6.07) is 1.93. The van der Waals surface area contributed by atoms with E-state index in [0.29, 0.717) is 13.1 Å². The highest BCUT2D eigenvalue weighted by Gasteiger charge is 2.08. The zero-order valence-corrected chi connectivity index (χ0v) is 9.37. The number of nitrogens with two attached hydrogens (primary N) is 1. The van der Waals surface area contributed by atoms with E-state index in [2.05, 4.69) is 15.4 Å². The Labute approximate surface area is 97.4 Å². The number of carbonyl (C=O) groups is 1. The summed E-state index contributed by atoms with van der Waals surface area (Å²) in [6.45, 7) is 3.18. The first-order chi connectivity index (χ1) is 8.19. The fourth-order valence-electron chi connectivity index (χ4n) is 1.38. The quantitative estimate of drug-likeness (QED) is 0.405. The van der Waals surface area contributed by atoms with Crippen molar-refractivity contribution in [1.82, 2.24) is 30.2 Å². The Kier molecular flexibility index (Phi) is 3.15. The Bertz CT molecular complexity index is 515. The Morgan fingerprint density at radius 2 is 2.24 bits per heavy atom. The molecule has 2 heterocycles. The number of hydrogen-bond acceptors (Lipinski definition) is 5. The van der Waals surface area contributed by atoms with Crippen LogP contribution in [-0.2, 0) is 13.1 Å². The molecule has 8 heteroatoms. The van der Waals surface area contributed by atoms with Gasteiger partial charge in [-0.2, -0.15) is 5.10 Å². The van der Waals surface area contributed by atoms with Crippen LogP contribution in [0, 0.1) is 6.92 Å². The summed E-state index contributed by atoms with van der Waals surface area (Å²) >= 11 is 0. The highest BCUT2D eigenvalue weighted by atomic mass is 16.2. The number of nitrogens with one attached hydrogen (secondary N) is 1. The third-order valence-electron chi connectivity index (χ3n) is 2.23. The molecule has 0 aromatic carbocycles. The first kappa shape index (κ1) is 11.3. The predicted octanol–water partition coefficient (Wildman–Crippen LogP) is -0.913.